The van der Waals surface area contributed by atoms with Gasteiger partial charge in [0.05, 0.1) is 13.0 Å². The molecule has 1 N–H and O–H groups in total. The average Bonchev–Trinajstić information content (AvgIpc) is 2.83. The molecule has 0 saturated heterocycles. The summed E-state index contributed by atoms with van der Waals surface area (Å²) in [5.74, 6) is 0.584. The normalized spacial score (nSPS) is 12.2. The van der Waals surface area contributed by atoms with E-state index in [2.05, 4.69) is 5.32 Å². The molecule has 0 saturated carbocycles. The van der Waals surface area contributed by atoms with Crippen LogP contribution in [0.4, 0.5) is 9.59 Å². The molecule has 0 aliphatic heterocycles. The molecule has 2 amide bonds. The number of unbranched alkanes of at least 4 members (excludes halogenated alkanes) is 1. The van der Waals surface area contributed by atoms with E-state index in [0.717, 1.165) is 12.8 Å². The van der Waals surface area contributed by atoms with Gasteiger partial charge in [-0.1, -0.05) is 43.3 Å². The van der Waals surface area contributed by atoms with Gasteiger partial charge < -0.3 is 24.4 Å². The molecule has 0 spiro atoms. The molecule has 2 atom stereocenters. The number of amides is 2. The van der Waals surface area contributed by atoms with Crippen molar-refractivity contribution < 1.29 is 28.6 Å². The fourth-order valence-electron chi connectivity index (χ4n) is 3.25. The fourth-order valence-corrected chi connectivity index (χ4v) is 3.25. The molecular weight excluding hydrogens is 436 g/mol. The minimum atomic E-state index is -0.516. The number of benzene rings is 2. The summed E-state index contributed by atoms with van der Waals surface area (Å²) in [6.07, 6.45) is 1.86. The molecule has 184 valence electrons. The molecule has 34 heavy (non-hydrogen) atoms. The highest BCUT2D eigenvalue weighted by atomic mass is 16.6. The third-order valence-corrected chi connectivity index (χ3v) is 5.27. The van der Waals surface area contributed by atoms with Crippen LogP contribution in [-0.4, -0.2) is 48.8 Å². The molecule has 0 aliphatic carbocycles. The van der Waals surface area contributed by atoms with Gasteiger partial charge in [0.15, 0.2) is 0 Å². The van der Waals surface area contributed by atoms with E-state index >= 15 is 0 Å². The van der Waals surface area contributed by atoms with Gasteiger partial charge in [-0.25, -0.2) is 9.59 Å². The van der Waals surface area contributed by atoms with Crippen LogP contribution in [0.2, 0.25) is 0 Å². The van der Waals surface area contributed by atoms with Crippen LogP contribution in [0, 0.1) is 0 Å². The summed E-state index contributed by atoms with van der Waals surface area (Å²) in [6, 6.07) is 17.3. The highest BCUT2D eigenvalue weighted by Crippen LogP contribution is 2.14. The Morgan fingerprint density at radius 2 is 1.50 bits per heavy atom. The van der Waals surface area contributed by atoms with E-state index in [9.17, 15) is 14.4 Å². The number of para-hydroxylation sites is 2. The third-order valence-electron chi connectivity index (χ3n) is 5.27. The summed E-state index contributed by atoms with van der Waals surface area (Å²) in [6.45, 7) is 4.09. The number of hydrogen-bond donors (Lipinski definition) is 1. The maximum absolute atomic E-state index is 12.3. The first-order valence-electron chi connectivity index (χ1n) is 11.6. The molecule has 0 heterocycles. The van der Waals surface area contributed by atoms with Crippen LogP contribution in [0.15, 0.2) is 60.7 Å². The van der Waals surface area contributed by atoms with Crippen molar-refractivity contribution in [2.24, 2.45) is 0 Å². The largest absolute Gasteiger partial charge is 0.466 e. The van der Waals surface area contributed by atoms with Crippen molar-refractivity contribution in [3.8, 4) is 11.5 Å². The molecule has 8 heteroatoms. The maximum Gasteiger partial charge on any atom is 0.415 e. The monoisotopic (exact) mass is 470 g/mol. The Bertz CT molecular complexity index is 891. The maximum atomic E-state index is 12.3. The Balaban J connectivity index is 1.61. The van der Waals surface area contributed by atoms with E-state index in [0.29, 0.717) is 24.3 Å². The van der Waals surface area contributed by atoms with Crippen molar-refractivity contribution in [3.05, 3.63) is 60.7 Å². The van der Waals surface area contributed by atoms with Gasteiger partial charge in [-0.15, -0.1) is 0 Å². The molecule has 2 rings (SSSR count). The lowest BCUT2D eigenvalue weighted by Crippen LogP contribution is -2.40. The summed E-state index contributed by atoms with van der Waals surface area (Å²) < 4.78 is 15.9. The molecule has 8 nitrogen and oxygen atoms in total. The lowest BCUT2D eigenvalue weighted by molar-refractivity contribution is -0.144. The average molecular weight is 471 g/mol. The van der Waals surface area contributed by atoms with E-state index < -0.39 is 12.2 Å². The van der Waals surface area contributed by atoms with Gasteiger partial charge in [-0.05, 0) is 56.9 Å². The Hall–Kier alpha value is -3.55. The number of rotatable bonds is 12. The van der Waals surface area contributed by atoms with Crippen molar-refractivity contribution in [3.63, 3.8) is 0 Å². The summed E-state index contributed by atoms with van der Waals surface area (Å²) in [5.41, 5.74) is 0. The zero-order valence-corrected chi connectivity index (χ0v) is 20.1. The van der Waals surface area contributed by atoms with Gasteiger partial charge in [0.25, 0.3) is 0 Å². The predicted molar refractivity (Wildman–Crippen MR) is 129 cm³/mol. The molecule has 2 aromatic rings. The fraction of sp³-hybridized carbons (Fsp3) is 0.423. The quantitative estimate of drug-likeness (QED) is 0.339. The molecule has 0 aromatic heterocycles. The third kappa shape index (κ3) is 9.94. The number of esters is 1. The van der Waals surface area contributed by atoms with Gasteiger partial charge in [-0.2, -0.15) is 0 Å². The van der Waals surface area contributed by atoms with Gasteiger partial charge >= 0.3 is 18.2 Å². The standard InChI is InChI=1S/C26H34N2O6/c1-4-21(28(3)26(31)34-23-16-9-6-10-17-23)19-24(29)32-18-12-11-13-20(2)27-25(30)33-22-14-7-5-8-15-22/h5-10,14-17,20-21H,4,11-13,18-19H2,1-3H3,(H,27,30). The van der Waals surface area contributed by atoms with E-state index in [1.165, 1.54) is 4.90 Å². The highest BCUT2D eigenvalue weighted by molar-refractivity contribution is 5.74. The van der Waals surface area contributed by atoms with E-state index in [-0.39, 0.29) is 31.1 Å². The lowest BCUT2D eigenvalue weighted by Gasteiger charge is -2.25. The topological polar surface area (TPSA) is 94.2 Å². The van der Waals surface area contributed by atoms with Crippen LogP contribution in [-0.2, 0) is 9.53 Å². The number of carbonyl (C=O) groups excluding carboxylic acids is 3. The van der Waals surface area contributed by atoms with Crippen molar-refractivity contribution in [1.29, 1.82) is 0 Å². The SMILES string of the molecule is CCC(CC(=O)OCCCCC(C)NC(=O)Oc1ccccc1)N(C)C(=O)Oc1ccccc1. The molecule has 0 radical (unpaired) electrons. The number of hydrogen-bond acceptors (Lipinski definition) is 6. The van der Waals surface area contributed by atoms with Crippen molar-refractivity contribution in [2.75, 3.05) is 13.7 Å². The number of carbonyl (C=O) groups is 3. The number of nitrogens with one attached hydrogen (secondary N) is 1. The van der Waals surface area contributed by atoms with Gasteiger partial charge in [0.2, 0.25) is 0 Å². The van der Waals surface area contributed by atoms with Crippen LogP contribution < -0.4 is 14.8 Å². The van der Waals surface area contributed by atoms with Crippen LogP contribution in [0.1, 0.15) is 46.0 Å². The Kier molecular flexibility index (Phi) is 11.4. The lowest BCUT2D eigenvalue weighted by atomic mass is 10.1. The van der Waals surface area contributed by atoms with Crippen LogP contribution in [0.5, 0.6) is 11.5 Å². The van der Waals surface area contributed by atoms with Crippen LogP contribution in [0.25, 0.3) is 0 Å². The molecule has 0 bridgehead atoms. The Labute approximate surface area is 201 Å². The minimum Gasteiger partial charge on any atom is -0.466 e. The minimum absolute atomic E-state index is 0.0688. The number of ether oxygens (including phenoxy) is 3. The second-order valence-electron chi connectivity index (χ2n) is 8.02. The van der Waals surface area contributed by atoms with Gasteiger partial charge in [0.1, 0.15) is 11.5 Å². The second kappa shape index (κ2) is 14.6. The summed E-state index contributed by atoms with van der Waals surface area (Å²) in [4.78, 5) is 37.9. The molecule has 0 aliphatic rings. The summed E-state index contributed by atoms with van der Waals surface area (Å²) >= 11 is 0. The Morgan fingerprint density at radius 3 is 2.09 bits per heavy atom. The highest BCUT2D eigenvalue weighted by Gasteiger charge is 2.23. The molecule has 2 unspecified atom stereocenters. The van der Waals surface area contributed by atoms with Crippen LogP contribution in [0.3, 0.4) is 0 Å². The van der Waals surface area contributed by atoms with E-state index in [1.54, 1.807) is 55.6 Å². The van der Waals surface area contributed by atoms with Crippen LogP contribution >= 0.6 is 0 Å². The van der Waals surface area contributed by atoms with Gasteiger partial charge in [-0.3, -0.25) is 4.79 Å². The van der Waals surface area contributed by atoms with Crippen molar-refractivity contribution in [2.45, 2.75) is 58.0 Å². The number of nitrogens with zero attached hydrogens (tertiary/aromatic N) is 1. The molecule has 0 fully saturated rings. The summed E-state index contributed by atoms with van der Waals surface area (Å²) in [7, 11) is 1.61. The zero-order valence-electron chi connectivity index (χ0n) is 20.1. The smallest absolute Gasteiger partial charge is 0.415 e. The zero-order chi connectivity index (χ0) is 24.8. The van der Waals surface area contributed by atoms with E-state index in [4.69, 9.17) is 14.2 Å². The van der Waals surface area contributed by atoms with Gasteiger partial charge in [0, 0.05) is 19.1 Å². The van der Waals surface area contributed by atoms with E-state index in [1.807, 2.05) is 26.0 Å². The second-order valence-corrected chi connectivity index (χ2v) is 8.02. The molecular formula is C26H34N2O6. The van der Waals surface area contributed by atoms with Crippen molar-refractivity contribution >= 4 is 18.2 Å². The Morgan fingerprint density at radius 1 is 0.912 bits per heavy atom. The first kappa shape index (κ1) is 26.7. The van der Waals surface area contributed by atoms with Crippen molar-refractivity contribution in [1.82, 2.24) is 10.2 Å². The first-order chi connectivity index (χ1) is 16.4. The summed E-state index contributed by atoms with van der Waals surface area (Å²) in [5, 5.41) is 2.78. The first-order valence-corrected chi connectivity index (χ1v) is 11.6. The predicted octanol–water partition coefficient (Wildman–Crippen LogP) is 5.18. The molecule has 2 aromatic carbocycles.